The Bertz CT molecular complexity index is 477. The molecule has 96 valence electrons. The minimum Gasteiger partial charge on any atom is -0.450 e. The van der Waals surface area contributed by atoms with Gasteiger partial charge in [0.05, 0.1) is 24.5 Å². The number of carbonyl (C=O) groups excluding carboxylic acids is 1. The fourth-order valence-corrected chi connectivity index (χ4v) is 1.22. The Hall–Kier alpha value is -2.06. The van der Waals surface area contributed by atoms with Crippen molar-refractivity contribution in [2.24, 2.45) is 0 Å². The Balaban J connectivity index is 2.90. The molecule has 2 N–H and O–H groups in total. The van der Waals surface area contributed by atoms with Crippen LogP contribution in [-0.2, 0) is 4.74 Å². The van der Waals surface area contributed by atoms with E-state index < -0.39 is 11.9 Å². The van der Waals surface area contributed by atoms with Crippen molar-refractivity contribution in [2.75, 3.05) is 18.5 Å². The number of rotatable bonds is 3. The molecule has 0 atom stereocenters. The zero-order chi connectivity index (χ0) is 13.4. The van der Waals surface area contributed by atoms with E-state index in [0.717, 1.165) is 0 Å². The number of anilines is 1. The highest BCUT2D eigenvalue weighted by Crippen LogP contribution is 2.16. The lowest BCUT2D eigenvalue weighted by atomic mass is 10.1. The molecule has 0 bridgehead atoms. The lowest BCUT2D eigenvalue weighted by Gasteiger charge is -2.07. The van der Waals surface area contributed by atoms with Crippen LogP contribution in [0.2, 0.25) is 0 Å². The molecule has 0 saturated carbocycles. The minimum atomic E-state index is -0.616. The Labute approximate surface area is 105 Å². The SMILES string of the molecule is CCOC(=O)Nc1ccc(F)cc1C#CCCO. The molecule has 1 aromatic carbocycles. The number of halogens is 1. The lowest BCUT2D eigenvalue weighted by molar-refractivity contribution is 0.168. The first-order valence-electron chi connectivity index (χ1n) is 5.50. The van der Waals surface area contributed by atoms with Crippen molar-refractivity contribution in [3.63, 3.8) is 0 Å². The Morgan fingerprint density at radius 3 is 3.00 bits per heavy atom. The summed E-state index contributed by atoms with van der Waals surface area (Å²) in [6, 6.07) is 3.85. The second kappa shape index (κ2) is 7.30. The van der Waals surface area contributed by atoms with Gasteiger partial charge in [-0.3, -0.25) is 5.32 Å². The average Bonchev–Trinajstić information content (AvgIpc) is 2.33. The van der Waals surface area contributed by atoms with E-state index in [4.69, 9.17) is 9.84 Å². The molecule has 4 nitrogen and oxygen atoms in total. The summed E-state index contributed by atoms with van der Waals surface area (Å²) in [5.41, 5.74) is 0.719. The molecule has 0 saturated heterocycles. The number of carbonyl (C=O) groups is 1. The largest absolute Gasteiger partial charge is 0.450 e. The topological polar surface area (TPSA) is 58.6 Å². The summed E-state index contributed by atoms with van der Waals surface area (Å²) in [6.45, 7) is 1.87. The number of aliphatic hydroxyl groups excluding tert-OH is 1. The molecule has 0 radical (unpaired) electrons. The van der Waals surface area contributed by atoms with Crippen LogP contribution in [0, 0.1) is 17.7 Å². The van der Waals surface area contributed by atoms with Crippen LogP contribution >= 0.6 is 0 Å². The van der Waals surface area contributed by atoms with Crippen LogP contribution in [0.1, 0.15) is 18.9 Å². The van der Waals surface area contributed by atoms with Crippen molar-refractivity contribution in [1.82, 2.24) is 0 Å². The van der Waals surface area contributed by atoms with Crippen molar-refractivity contribution in [1.29, 1.82) is 0 Å². The maximum absolute atomic E-state index is 13.1. The quantitative estimate of drug-likeness (QED) is 0.809. The van der Waals surface area contributed by atoms with Gasteiger partial charge in [-0.15, -0.1) is 0 Å². The average molecular weight is 251 g/mol. The molecule has 0 fully saturated rings. The summed E-state index contributed by atoms with van der Waals surface area (Å²) in [7, 11) is 0. The maximum atomic E-state index is 13.1. The van der Waals surface area contributed by atoms with Gasteiger partial charge < -0.3 is 9.84 Å². The molecule has 0 spiro atoms. The van der Waals surface area contributed by atoms with Gasteiger partial charge in [0, 0.05) is 6.42 Å². The second-order valence-electron chi connectivity index (χ2n) is 3.31. The second-order valence-corrected chi connectivity index (χ2v) is 3.31. The number of aliphatic hydroxyl groups is 1. The van der Waals surface area contributed by atoms with Gasteiger partial charge in [0.25, 0.3) is 0 Å². The molecular weight excluding hydrogens is 237 g/mol. The summed E-state index contributed by atoms with van der Waals surface area (Å²) in [5, 5.41) is 11.1. The number of benzene rings is 1. The van der Waals surface area contributed by atoms with E-state index in [1.54, 1.807) is 6.92 Å². The molecule has 1 rings (SSSR count). The number of hydrogen-bond donors (Lipinski definition) is 2. The number of ether oxygens (including phenoxy) is 1. The highest BCUT2D eigenvalue weighted by atomic mass is 19.1. The zero-order valence-corrected chi connectivity index (χ0v) is 10.00. The van der Waals surface area contributed by atoms with Gasteiger partial charge in [0.1, 0.15) is 5.82 Å². The van der Waals surface area contributed by atoms with Crippen LogP contribution in [0.25, 0.3) is 0 Å². The monoisotopic (exact) mass is 251 g/mol. The summed E-state index contributed by atoms with van der Waals surface area (Å²) in [6.07, 6.45) is -0.329. The third-order valence-corrected chi connectivity index (χ3v) is 1.95. The predicted molar refractivity (Wildman–Crippen MR) is 65.6 cm³/mol. The van der Waals surface area contributed by atoms with Gasteiger partial charge >= 0.3 is 6.09 Å². The van der Waals surface area contributed by atoms with E-state index in [1.807, 2.05) is 0 Å². The molecular formula is C13H14FNO3. The van der Waals surface area contributed by atoms with Crippen LogP contribution < -0.4 is 5.32 Å². The minimum absolute atomic E-state index is 0.0665. The van der Waals surface area contributed by atoms with Gasteiger partial charge in [0.15, 0.2) is 0 Å². The van der Waals surface area contributed by atoms with Gasteiger partial charge in [-0.2, -0.15) is 0 Å². The van der Waals surface area contributed by atoms with Crippen LogP contribution in [0.3, 0.4) is 0 Å². The van der Waals surface area contributed by atoms with Gasteiger partial charge in [-0.05, 0) is 25.1 Å². The summed E-state index contributed by atoms with van der Waals surface area (Å²) >= 11 is 0. The van der Waals surface area contributed by atoms with Crippen LogP contribution in [0.15, 0.2) is 18.2 Å². The van der Waals surface area contributed by atoms with Crippen LogP contribution in [-0.4, -0.2) is 24.4 Å². The molecule has 0 aromatic heterocycles. The van der Waals surface area contributed by atoms with Crippen LogP contribution in [0.4, 0.5) is 14.9 Å². The first kappa shape index (κ1) is 14.0. The van der Waals surface area contributed by atoms with Crippen LogP contribution in [0.5, 0.6) is 0 Å². The van der Waals surface area contributed by atoms with Gasteiger partial charge in [-0.1, -0.05) is 11.8 Å². The van der Waals surface area contributed by atoms with E-state index >= 15 is 0 Å². The molecule has 0 aliphatic carbocycles. The highest BCUT2D eigenvalue weighted by Gasteiger charge is 2.06. The summed E-state index contributed by atoms with van der Waals surface area (Å²) in [4.78, 5) is 11.3. The van der Waals surface area contributed by atoms with E-state index in [-0.39, 0.29) is 19.6 Å². The standard InChI is InChI=1S/C13H14FNO3/c1-2-18-13(17)15-12-7-6-11(14)9-10(12)5-3-4-8-16/h6-7,9,16H,2,4,8H2,1H3,(H,15,17). The molecule has 1 aromatic rings. The van der Waals surface area contributed by atoms with E-state index in [2.05, 4.69) is 17.2 Å². The van der Waals surface area contributed by atoms with Crippen molar-refractivity contribution in [2.45, 2.75) is 13.3 Å². The molecule has 0 aliphatic heterocycles. The molecule has 0 heterocycles. The number of nitrogens with one attached hydrogen (secondary N) is 1. The van der Waals surface area contributed by atoms with Crippen molar-refractivity contribution < 1.29 is 19.0 Å². The third kappa shape index (κ3) is 4.44. The molecule has 1 amide bonds. The first-order chi connectivity index (χ1) is 8.67. The van der Waals surface area contributed by atoms with E-state index in [1.165, 1.54) is 18.2 Å². The fourth-order valence-electron chi connectivity index (χ4n) is 1.22. The fraction of sp³-hybridized carbons (Fsp3) is 0.308. The number of hydrogen-bond acceptors (Lipinski definition) is 3. The maximum Gasteiger partial charge on any atom is 0.411 e. The third-order valence-electron chi connectivity index (χ3n) is 1.95. The Kier molecular flexibility index (Phi) is 5.68. The highest BCUT2D eigenvalue weighted by molar-refractivity contribution is 5.86. The predicted octanol–water partition coefficient (Wildman–Crippen LogP) is 2.13. The Morgan fingerprint density at radius 2 is 2.33 bits per heavy atom. The van der Waals surface area contributed by atoms with Crippen molar-refractivity contribution in [3.8, 4) is 11.8 Å². The van der Waals surface area contributed by atoms with E-state index in [9.17, 15) is 9.18 Å². The summed E-state index contributed by atoms with van der Waals surface area (Å²) < 4.78 is 17.8. The molecule has 5 heteroatoms. The normalized spacial score (nSPS) is 9.28. The molecule has 18 heavy (non-hydrogen) atoms. The number of amides is 1. The van der Waals surface area contributed by atoms with Crippen molar-refractivity contribution in [3.05, 3.63) is 29.6 Å². The molecule has 0 aliphatic rings. The van der Waals surface area contributed by atoms with Crippen molar-refractivity contribution >= 4 is 11.8 Å². The first-order valence-corrected chi connectivity index (χ1v) is 5.50. The zero-order valence-electron chi connectivity index (χ0n) is 10.00. The Morgan fingerprint density at radius 1 is 1.56 bits per heavy atom. The van der Waals surface area contributed by atoms with Gasteiger partial charge in [0.2, 0.25) is 0 Å². The lowest BCUT2D eigenvalue weighted by Crippen LogP contribution is -2.14. The molecule has 0 unspecified atom stereocenters. The van der Waals surface area contributed by atoms with E-state index in [0.29, 0.717) is 11.3 Å². The summed E-state index contributed by atoms with van der Waals surface area (Å²) in [5.74, 6) is 4.90. The van der Waals surface area contributed by atoms with Gasteiger partial charge in [-0.25, -0.2) is 9.18 Å². The smallest absolute Gasteiger partial charge is 0.411 e.